The van der Waals surface area contributed by atoms with Gasteiger partial charge >= 0.3 is 0 Å². The minimum Gasteiger partial charge on any atom is -0.456 e. The van der Waals surface area contributed by atoms with E-state index in [0.29, 0.717) is 0 Å². The molecule has 0 unspecified atom stereocenters. The molecule has 0 saturated carbocycles. The van der Waals surface area contributed by atoms with Crippen molar-refractivity contribution >= 4 is 67.4 Å². The average molecular weight is 594 g/mol. The fraction of sp³-hybridized carbons (Fsp3) is 0. The quantitative estimate of drug-likeness (QED) is 0.190. The van der Waals surface area contributed by atoms with Gasteiger partial charge in [0.25, 0.3) is 0 Å². The first-order valence-corrected chi connectivity index (χ1v) is 15.4. The average Bonchev–Trinajstić information content (AvgIpc) is 3.48. The minimum atomic E-state index is 0.875. The van der Waals surface area contributed by atoms with Crippen LogP contribution in [0.1, 0.15) is 0 Å². The highest BCUT2D eigenvalue weighted by Gasteiger charge is 2.19. The maximum Gasteiger partial charge on any atom is 0.135 e. The molecule has 0 amide bonds. The molecule has 4 heteroatoms. The van der Waals surface area contributed by atoms with Crippen LogP contribution in [0.4, 0.5) is 45.5 Å². The summed E-state index contributed by atoms with van der Waals surface area (Å²) in [6, 6.07) is 63.2. The lowest BCUT2D eigenvalue weighted by atomic mass is 10.1. The van der Waals surface area contributed by atoms with Gasteiger partial charge in [-0.1, -0.05) is 91.0 Å². The van der Waals surface area contributed by atoms with Crippen LogP contribution < -0.4 is 15.1 Å². The third kappa shape index (κ3) is 5.33. The Hall–Kier alpha value is -6.26. The predicted molar refractivity (Wildman–Crippen MR) is 193 cm³/mol. The number of hydrogen-bond donors (Lipinski definition) is 1. The lowest BCUT2D eigenvalue weighted by Crippen LogP contribution is -2.13. The molecule has 0 atom stereocenters. The van der Waals surface area contributed by atoms with Gasteiger partial charge in [-0.3, -0.25) is 0 Å². The minimum absolute atomic E-state index is 0.875. The Bertz CT molecular complexity index is 2050. The van der Waals surface area contributed by atoms with Crippen LogP contribution in [-0.2, 0) is 0 Å². The van der Waals surface area contributed by atoms with E-state index >= 15 is 0 Å². The zero-order valence-corrected chi connectivity index (χ0v) is 25.1. The third-order valence-corrected chi connectivity index (χ3v) is 8.14. The molecule has 0 saturated heterocycles. The summed E-state index contributed by atoms with van der Waals surface area (Å²) >= 11 is 0. The summed E-state index contributed by atoms with van der Waals surface area (Å²) in [6.07, 6.45) is 0. The van der Waals surface area contributed by atoms with Crippen LogP contribution in [0.15, 0.2) is 186 Å². The maximum absolute atomic E-state index is 6.11. The number of hydrogen-bond acceptors (Lipinski definition) is 4. The lowest BCUT2D eigenvalue weighted by molar-refractivity contribution is 0.669. The Balaban J connectivity index is 1.32. The Labute approximate surface area is 268 Å². The Kier molecular flexibility index (Phi) is 7.14. The molecule has 4 nitrogen and oxygen atoms in total. The molecule has 0 spiro atoms. The molecule has 220 valence electrons. The molecule has 1 N–H and O–H groups in total. The summed E-state index contributed by atoms with van der Waals surface area (Å²) in [4.78, 5) is 4.60. The molecule has 8 rings (SSSR count). The van der Waals surface area contributed by atoms with E-state index in [1.54, 1.807) is 0 Å². The van der Waals surface area contributed by atoms with Crippen LogP contribution in [-0.4, -0.2) is 0 Å². The van der Waals surface area contributed by atoms with Gasteiger partial charge in [0.15, 0.2) is 0 Å². The number of fused-ring (bicyclic) bond motifs is 3. The summed E-state index contributed by atoms with van der Waals surface area (Å²) < 4.78 is 6.11. The van der Waals surface area contributed by atoms with Gasteiger partial charge in [-0.05, 0) is 91.0 Å². The van der Waals surface area contributed by atoms with Crippen LogP contribution in [0.2, 0.25) is 0 Å². The van der Waals surface area contributed by atoms with Gasteiger partial charge in [0.2, 0.25) is 0 Å². The zero-order chi connectivity index (χ0) is 30.7. The van der Waals surface area contributed by atoms with Gasteiger partial charge in [-0.15, -0.1) is 0 Å². The van der Waals surface area contributed by atoms with E-state index in [4.69, 9.17) is 4.42 Å². The normalized spacial score (nSPS) is 11.0. The predicted octanol–water partition coefficient (Wildman–Crippen LogP) is 12.3. The Morgan fingerprint density at radius 2 is 0.761 bits per heavy atom. The van der Waals surface area contributed by atoms with Gasteiger partial charge in [0, 0.05) is 44.9 Å². The highest BCUT2D eigenvalue weighted by Crippen LogP contribution is 2.43. The number of benzene rings is 7. The Morgan fingerprint density at radius 1 is 0.326 bits per heavy atom. The van der Waals surface area contributed by atoms with Crippen LogP contribution in [0.3, 0.4) is 0 Å². The summed E-state index contributed by atoms with van der Waals surface area (Å²) in [7, 11) is 0. The third-order valence-electron chi connectivity index (χ3n) is 8.14. The number of nitrogens with one attached hydrogen (secondary N) is 1. The van der Waals surface area contributed by atoms with Crippen molar-refractivity contribution in [2.75, 3.05) is 15.1 Å². The molecular formula is C42H31N3O. The van der Waals surface area contributed by atoms with E-state index in [9.17, 15) is 0 Å². The molecule has 0 aliphatic heterocycles. The van der Waals surface area contributed by atoms with Gasteiger partial charge in [0.1, 0.15) is 11.2 Å². The summed E-state index contributed by atoms with van der Waals surface area (Å²) in [6.45, 7) is 0. The second-order valence-electron chi connectivity index (χ2n) is 11.2. The monoisotopic (exact) mass is 593 g/mol. The first kappa shape index (κ1) is 27.3. The summed E-state index contributed by atoms with van der Waals surface area (Å²) in [5.41, 5.74) is 10.1. The Morgan fingerprint density at radius 3 is 1.26 bits per heavy atom. The van der Waals surface area contributed by atoms with Gasteiger partial charge < -0.3 is 19.5 Å². The molecule has 1 aromatic heterocycles. The van der Waals surface area contributed by atoms with Crippen LogP contribution in [0.25, 0.3) is 21.9 Å². The molecule has 0 radical (unpaired) electrons. The number of anilines is 8. The topological polar surface area (TPSA) is 31.6 Å². The van der Waals surface area contributed by atoms with Gasteiger partial charge in [-0.2, -0.15) is 0 Å². The largest absolute Gasteiger partial charge is 0.456 e. The van der Waals surface area contributed by atoms with Crippen molar-refractivity contribution in [2.45, 2.75) is 0 Å². The SMILES string of the molecule is c1ccc(N(c2ccccc2)c2cc(Nc3ccc4oc5ccccc5c4c3)cc(N(c3ccccc3)c3ccccc3)c2)cc1. The number of furan rings is 1. The number of nitrogens with zero attached hydrogens (tertiary/aromatic N) is 2. The van der Waals surface area contributed by atoms with Crippen LogP contribution in [0.5, 0.6) is 0 Å². The molecule has 0 aliphatic carbocycles. The number of para-hydroxylation sites is 5. The van der Waals surface area contributed by atoms with Crippen molar-refractivity contribution in [3.05, 3.63) is 182 Å². The molecule has 0 bridgehead atoms. The summed E-state index contributed by atoms with van der Waals surface area (Å²) in [5.74, 6) is 0. The fourth-order valence-electron chi connectivity index (χ4n) is 6.10. The maximum atomic E-state index is 6.11. The van der Waals surface area contributed by atoms with Crippen molar-refractivity contribution in [3.8, 4) is 0 Å². The van der Waals surface area contributed by atoms with Crippen LogP contribution in [0, 0.1) is 0 Å². The molecular weight excluding hydrogens is 562 g/mol. The molecule has 0 aliphatic rings. The van der Waals surface area contributed by atoms with E-state index in [0.717, 1.165) is 67.4 Å². The van der Waals surface area contributed by atoms with Crippen LogP contribution >= 0.6 is 0 Å². The first-order valence-electron chi connectivity index (χ1n) is 15.4. The van der Waals surface area contributed by atoms with Crippen molar-refractivity contribution in [1.82, 2.24) is 0 Å². The van der Waals surface area contributed by atoms with E-state index in [2.05, 4.69) is 179 Å². The summed E-state index contributed by atoms with van der Waals surface area (Å²) in [5, 5.41) is 5.94. The highest BCUT2D eigenvalue weighted by atomic mass is 16.3. The standard InChI is InChI=1S/C42H31N3O/c1-5-15-33(16-6-1)44(34-17-7-2-8-18-34)37-27-32(43-31-25-26-42-40(29-31)39-23-13-14-24-41(39)46-42)28-38(30-37)45(35-19-9-3-10-20-35)36-21-11-4-12-22-36/h1-30,43H. The number of rotatable bonds is 8. The van der Waals surface area contributed by atoms with Crippen molar-refractivity contribution < 1.29 is 4.42 Å². The molecule has 0 fully saturated rings. The van der Waals surface area contributed by atoms with E-state index in [1.807, 2.05) is 18.2 Å². The second-order valence-corrected chi connectivity index (χ2v) is 11.2. The van der Waals surface area contributed by atoms with E-state index in [1.165, 1.54) is 0 Å². The van der Waals surface area contributed by atoms with E-state index in [-0.39, 0.29) is 0 Å². The van der Waals surface area contributed by atoms with Gasteiger partial charge in [-0.25, -0.2) is 0 Å². The zero-order valence-electron chi connectivity index (χ0n) is 25.1. The smallest absolute Gasteiger partial charge is 0.135 e. The van der Waals surface area contributed by atoms with E-state index < -0.39 is 0 Å². The second kappa shape index (κ2) is 12.0. The fourth-order valence-corrected chi connectivity index (χ4v) is 6.10. The molecule has 1 heterocycles. The molecule has 46 heavy (non-hydrogen) atoms. The first-order chi connectivity index (χ1) is 22.8. The molecule has 7 aromatic carbocycles. The lowest BCUT2D eigenvalue weighted by Gasteiger charge is -2.30. The highest BCUT2D eigenvalue weighted by molar-refractivity contribution is 6.06. The van der Waals surface area contributed by atoms with Crippen molar-refractivity contribution in [3.63, 3.8) is 0 Å². The molecule has 8 aromatic rings. The van der Waals surface area contributed by atoms with Crippen molar-refractivity contribution in [1.29, 1.82) is 0 Å². The van der Waals surface area contributed by atoms with Gasteiger partial charge in [0.05, 0.1) is 11.4 Å². The van der Waals surface area contributed by atoms with Crippen molar-refractivity contribution in [2.24, 2.45) is 0 Å².